The maximum Gasteiger partial charge on any atom is 0.205 e. The zero-order chi connectivity index (χ0) is 33.1. The summed E-state index contributed by atoms with van der Waals surface area (Å²) < 4.78 is 28.8. The summed E-state index contributed by atoms with van der Waals surface area (Å²) in [6.07, 6.45) is 7.25. The number of rotatable bonds is 0. The van der Waals surface area contributed by atoms with E-state index >= 15 is 0 Å². The lowest BCUT2D eigenvalue weighted by atomic mass is 10.5. The lowest BCUT2D eigenvalue weighted by Gasteiger charge is -1.74. The van der Waals surface area contributed by atoms with Gasteiger partial charge in [0, 0.05) is 79.8 Å². The summed E-state index contributed by atoms with van der Waals surface area (Å²) in [5.74, 6) is 0.167. The van der Waals surface area contributed by atoms with Crippen LogP contribution in [0.3, 0.4) is 0 Å². The molecule has 0 saturated carbocycles. The van der Waals surface area contributed by atoms with Crippen molar-refractivity contribution in [2.45, 2.75) is 83.1 Å². The molecule has 0 radical (unpaired) electrons. The summed E-state index contributed by atoms with van der Waals surface area (Å²) in [5, 5.41) is 7.80. The minimum absolute atomic E-state index is 0.167. The van der Waals surface area contributed by atoms with Crippen LogP contribution in [-0.4, -0.2) is 92.3 Å². The van der Waals surface area contributed by atoms with E-state index in [1.165, 1.54) is 13.8 Å². The number of carbonyl (C=O) groups excluding carboxylic acids is 1. The second kappa shape index (κ2) is 45.0. The predicted octanol–water partition coefficient (Wildman–Crippen LogP) is 5.89. The molecule has 0 atom stereocenters. The third-order valence-corrected chi connectivity index (χ3v) is 1.62. The molecule has 12 heteroatoms. The van der Waals surface area contributed by atoms with Crippen LogP contribution >= 0.6 is 12.2 Å². The molecule has 0 aliphatic rings. The first kappa shape index (κ1) is 56.3. The molecular weight excluding hydrogens is 543 g/mol. The van der Waals surface area contributed by atoms with Gasteiger partial charge in [-0.15, -0.1) is 0 Å². The van der Waals surface area contributed by atoms with Gasteiger partial charge in [0.05, 0.1) is 0 Å². The van der Waals surface area contributed by atoms with Crippen LogP contribution in [0.1, 0.15) is 83.1 Å². The summed E-state index contributed by atoms with van der Waals surface area (Å²) in [7, 11) is 2.08. The third-order valence-electron chi connectivity index (χ3n) is 1.62. The third kappa shape index (κ3) is 751. The van der Waals surface area contributed by atoms with Crippen molar-refractivity contribution in [2.24, 2.45) is 20.0 Å². The van der Waals surface area contributed by atoms with E-state index in [4.69, 9.17) is 5.26 Å². The first-order valence-corrected chi connectivity index (χ1v) is 15.9. The average molecular weight is 600 g/mol. The number of thiocarbonyl (C=S) groups is 1. The van der Waals surface area contributed by atoms with Gasteiger partial charge in [0.2, 0.25) is 6.19 Å². The molecule has 0 rings (SSSR count). The van der Waals surface area contributed by atoms with Crippen LogP contribution < -0.4 is 0 Å². The Morgan fingerprint density at radius 3 is 0.789 bits per heavy atom. The fraction of sp³-hybridized carbons (Fsp3) is 0.731. The van der Waals surface area contributed by atoms with Crippen molar-refractivity contribution in [2.75, 3.05) is 46.2 Å². The van der Waals surface area contributed by atoms with Crippen LogP contribution in [0.5, 0.6) is 0 Å². The van der Waals surface area contributed by atoms with E-state index in [0.29, 0.717) is 0 Å². The molecule has 0 saturated heterocycles. The zero-order valence-corrected chi connectivity index (χ0v) is 30.0. The molecule has 0 aliphatic heterocycles. The molecule has 0 aliphatic carbocycles. The molecule has 0 N–H and O–H groups in total. The predicted molar refractivity (Wildman–Crippen MR) is 180 cm³/mol. The number of aliphatic imine (C=N–C) groups is 4. The molecule has 0 aromatic rings. The number of carbonyl (C=O) groups is 1. The molecule has 228 valence electrons. The number of nitriles is 1. The topological polar surface area (TPSA) is 142 Å². The lowest BCUT2D eigenvalue weighted by Crippen LogP contribution is -1.86. The number of Topliss-reactive ketones (excluding diaryl/α,β-unsaturated/α-hetero) is 1. The average Bonchev–Trinajstić information content (AvgIpc) is 2.66. The van der Waals surface area contributed by atoms with Crippen molar-refractivity contribution >= 4 is 66.3 Å². The van der Waals surface area contributed by atoms with Crippen molar-refractivity contribution < 1.29 is 17.4 Å². The largest absolute Gasteiger partial charge is 0.300 e. The quantitative estimate of drug-likeness (QED) is 0.193. The molecule has 0 fully saturated rings. The molecule has 0 bridgehead atoms. The molecule has 0 amide bonds. The molecule has 0 aromatic heterocycles. The van der Waals surface area contributed by atoms with Gasteiger partial charge in [-0.1, -0.05) is 12.2 Å². The normalized spacial score (nSPS) is 7.55. The van der Waals surface area contributed by atoms with Gasteiger partial charge in [-0.2, -0.15) is 10.3 Å². The van der Waals surface area contributed by atoms with E-state index in [0.717, 1.165) is 40.2 Å². The van der Waals surface area contributed by atoms with Gasteiger partial charge in [-0.05, 0) is 87.9 Å². The van der Waals surface area contributed by atoms with Gasteiger partial charge in [0.25, 0.3) is 0 Å². The molecule has 0 spiro atoms. The summed E-state index contributed by atoms with van der Waals surface area (Å²) in [6, 6.07) is 0. The SMILES string of the molecule is CC(C)=NC#N.CC(C)=O.CC(C)=S.CN=C(C)C.CN=C(C)C.CN=C(C)C.CS(C)(=O)=O.CS(C)=O. The minimum Gasteiger partial charge on any atom is -0.300 e. The van der Waals surface area contributed by atoms with Crippen LogP contribution in [-0.2, 0) is 25.4 Å². The summed E-state index contributed by atoms with van der Waals surface area (Å²) in [4.78, 5) is 25.2. The monoisotopic (exact) mass is 599 g/mol. The maximum absolute atomic E-state index is 9.63. The fourth-order valence-electron chi connectivity index (χ4n) is 0.100. The van der Waals surface area contributed by atoms with Crippen LogP contribution in [0.25, 0.3) is 0 Å². The van der Waals surface area contributed by atoms with Gasteiger partial charge >= 0.3 is 0 Å². The Balaban J connectivity index is -0.0000000453. The van der Waals surface area contributed by atoms with Crippen molar-refractivity contribution in [1.82, 2.24) is 0 Å². The van der Waals surface area contributed by atoms with E-state index in [1.54, 1.807) is 53.7 Å². The summed E-state index contributed by atoms with van der Waals surface area (Å²) >= 11 is 4.54. The van der Waals surface area contributed by atoms with Crippen molar-refractivity contribution in [3.05, 3.63) is 0 Å². The van der Waals surface area contributed by atoms with Crippen LogP contribution in [0.15, 0.2) is 20.0 Å². The molecule has 0 heterocycles. The molecule has 0 aromatic carbocycles. The van der Waals surface area contributed by atoms with Gasteiger partial charge in [0.1, 0.15) is 15.6 Å². The van der Waals surface area contributed by atoms with Crippen LogP contribution in [0, 0.1) is 11.5 Å². The highest BCUT2D eigenvalue weighted by Crippen LogP contribution is 1.67. The fourth-order valence-corrected chi connectivity index (χ4v) is 0.100. The summed E-state index contributed by atoms with van der Waals surface area (Å²) in [6.45, 7) is 22.2. The molecule has 9 nitrogen and oxygen atoms in total. The second-order valence-corrected chi connectivity index (χ2v) is 13.0. The molecule has 38 heavy (non-hydrogen) atoms. The van der Waals surface area contributed by atoms with Gasteiger partial charge in [-0.3, -0.25) is 19.2 Å². The summed E-state index contributed by atoms with van der Waals surface area (Å²) in [5.41, 5.74) is 4.19. The van der Waals surface area contributed by atoms with Crippen molar-refractivity contribution in [3.63, 3.8) is 0 Å². The van der Waals surface area contributed by atoms with Crippen molar-refractivity contribution in [1.29, 1.82) is 5.26 Å². The van der Waals surface area contributed by atoms with Crippen molar-refractivity contribution in [3.8, 4) is 6.19 Å². The Kier molecular flexibility index (Phi) is 66.6. The second-order valence-electron chi connectivity index (χ2n) is 8.37. The number of nitrogens with zero attached hydrogens (tertiary/aromatic N) is 5. The first-order chi connectivity index (χ1) is 16.8. The Morgan fingerprint density at radius 1 is 0.684 bits per heavy atom. The number of hydrogen-bond donors (Lipinski definition) is 0. The minimum atomic E-state index is -2.67. The van der Waals surface area contributed by atoms with Crippen LogP contribution in [0.2, 0.25) is 0 Å². The van der Waals surface area contributed by atoms with E-state index in [9.17, 15) is 17.4 Å². The number of hydrogen-bond acceptors (Lipinski definition) is 10. The first-order valence-electron chi connectivity index (χ1n) is 11.2. The zero-order valence-electron chi connectivity index (χ0n) is 27.6. The van der Waals surface area contributed by atoms with E-state index in [-0.39, 0.29) is 5.78 Å². The number of sulfone groups is 1. The van der Waals surface area contributed by atoms with E-state index < -0.39 is 20.6 Å². The smallest absolute Gasteiger partial charge is 0.205 e. The molecular formula is C26H57N5O4S3. The van der Waals surface area contributed by atoms with Gasteiger partial charge in [-0.25, -0.2) is 8.42 Å². The van der Waals surface area contributed by atoms with Gasteiger partial charge in [0.15, 0.2) is 0 Å². The van der Waals surface area contributed by atoms with Crippen LogP contribution in [0.4, 0.5) is 0 Å². The Labute approximate surface area is 243 Å². The Hall–Kier alpha value is -1.97. The molecule has 0 unspecified atom stereocenters. The Morgan fingerprint density at radius 2 is 0.789 bits per heavy atom. The lowest BCUT2D eigenvalue weighted by molar-refractivity contribution is -0.115. The highest BCUT2D eigenvalue weighted by atomic mass is 32.2. The van der Waals surface area contributed by atoms with E-state index in [1.807, 2.05) is 55.4 Å². The highest BCUT2D eigenvalue weighted by molar-refractivity contribution is 7.89. The highest BCUT2D eigenvalue weighted by Gasteiger charge is 1.79. The number of ketones is 1. The maximum atomic E-state index is 9.63. The van der Waals surface area contributed by atoms with E-state index in [2.05, 4.69) is 32.2 Å². The van der Waals surface area contributed by atoms with Gasteiger partial charge < -0.3 is 4.79 Å². The Bertz CT molecular complexity index is 752. The standard InChI is InChI=1S/C4H6N2.3C4H9N.C3H6O.C3H6S.C2H6O2S.C2H6OS/c1-4(2)6-3-5;3*1-4(2)5-3;2*1-3(2)4;1-5(2,3)4;1-4(2)3/h1-2H3;3*1-3H3;2*1-2H3;1-2H3;1-2H3.